The highest BCUT2D eigenvalue weighted by molar-refractivity contribution is 5.04. The Hall–Kier alpha value is -0.0800. The largest absolute Gasteiger partial charge is 0.317 e. The van der Waals surface area contributed by atoms with Crippen molar-refractivity contribution in [1.82, 2.24) is 10.2 Å². The number of hydrogen-bond acceptors (Lipinski definition) is 2. The van der Waals surface area contributed by atoms with E-state index in [1.807, 2.05) is 0 Å². The van der Waals surface area contributed by atoms with Crippen LogP contribution in [0.4, 0.5) is 0 Å². The lowest BCUT2D eigenvalue weighted by Crippen LogP contribution is -2.46. The molecule has 1 spiro atoms. The molecule has 3 aliphatic rings. The molecule has 1 N–H and O–H groups in total. The average molecular weight is 208 g/mol. The number of nitrogens with one attached hydrogen (secondary N) is 1. The van der Waals surface area contributed by atoms with Crippen molar-refractivity contribution in [2.45, 2.75) is 57.5 Å². The molecule has 15 heavy (non-hydrogen) atoms. The van der Waals surface area contributed by atoms with E-state index in [0.29, 0.717) is 5.41 Å². The third-order valence-electron chi connectivity index (χ3n) is 4.98. The van der Waals surface area contributed by atoms with Crippen LogP contribution in [-0.2, 0) is 0 Å². The summed E-state index contributed by atoms with van der Waals surface area (Å²) in [6.07, 6.45) is 8.65. The molecule has 0 bridgehead atoms. The summed E-state index contributed by atoms with van der Waals surface area (Å²) in [6.45, 7) is 6.31. The molecule has 2 saturated heterocycles. The van der Waals surface area contributed by atoms with Gasteiger partial charge in [0.05, 0.1) is 0 Å². The third kappa shape index (κ3) is 1.62. The summed E-state index contributed by atoms with van der Waals surface area (Å²) in [6, 6.07) is 1.89. The van der Waals surface area contributed by atoms with Crippen LogP contribution in [0.5, 0.6) is 0 Å². The molecule has 0 amide bonds. The molecule has 1 aliphatic carbocycles. The number of nitrogens with zero attached hydrogens (tertiary/aromatic N) is 1. The van der Waals surface area contributed by atoms with Gasteiger partial charge < -0.3 is 5.32 Å². The van der Waals surface area contributed by atoms with Gasteiger partial charge in [0.1, 0.15) is 0 Å². The molecule has 2 heterocycles. The molecule has 0 aromatic rings. The van der Waals surface area contributed by atoms with Crippen molar-refractivity contribution in [3.8, 4) is 0 Å². The fraction of sp³-hybridized carbons (Fsp3) is 1.00. The Labute approximate surface area is 93.4 Å². The van der Waals surface area contributed by atoms with Crippen LogP contribution in [0.1, 0.15) is 45.4 Å². The SMILES string of the molecule is CCC1N(C2CC2)CCC12CCNCC2. The maximum Gasteiger partial charge on any atom is 0.0153 e. The highest BCUT2D eigenvalue weighted by Gasteiger charge is 2.50. The van der Waals surface area contributed by atoms with Crippen LogP contribution >= 0.6 is 0 Å². The Morgan fingerprint density at radius 3 is 2.53 bits per heavy atom. The minimum Gasteiger partial charge on any atom is -0.317 e. The smallest absolute Gasteiger partial charge is 0.0153 e. The maximum atomic E-state index is 3.52. The number of piperidine rings is 1. The molecule has 3 fully saturated rings. The maximum absolute atomic E-state index is 3.52. The van der Waals surface area contributed by atoms with Crippen LogP contribution in [0.2, 0.25) is 0 Å². The van der Waals surface area contributed by atoms with Crippen molar-refractivity contribution >= 4 is 0 Å². The molecule has 0 aromatic heterocycles. The van der Waals surface area contributed by atoms with Crippen molar-refractivity contribution in [1.29, 1.82) is 0 Å². The molecule has 1 saturated carbocycles. The minimum atomic E-state index is 0.697. The lowest BCUT2D eigenvalue weighted by atomic mass is 9.72. The number of rotatable bonds is 2. The van der Waals surface area contributed by atoms with Crippen LogP contribution in [0.15, 0.2) is 0 Å². The first-order valence-corrected chi connectivity index (χ1v) is 6.82. The van der Waals surface area contributed by atoms with E-state index in [9.17, 15) is 0 Å². The van der Waals surface area contributed by atoms with Gasteiger partial charge in [-0.2, -0.15) is 0 Å². The van der Waals surface area contributed by atoms with Crippen LogP contribution in [0, 0.1) is 5.41 Å². The van der Waals surface area contributed by atoms with E-state index in [-0.39, 0.29) is 0 Å². The topological polar surface area (TPSA) is 15.3 Å². The molecule has 0 radical (unpaired) electrons. The van der Waals surface area contributed by atoms with Gasteiger partial charge in [-0.1, -0.05) is 6.92 Å². The Morgan fingerprint density at radius 1 is 1.20 bits per heavy atom. The summed E-state index contributed by atoms with van der Waals surface area (Å²) in [5.41, 5.74) is 0.697. The van der Waals surface area contributed by atoms with Gasteiger partial charge in [0, 0.05) is 12.1 Å². The lowest BCUT2D eigenvalue weighted by Gasteiger charge is -2.41. The first kappa shape index (κ1) is 10.1. The van der Waals surface area contributed by atoms with E-state index in [2.05, 4.69) is 17.1 Å². The van der Waals surface area contributed by atoms with E-state index >= 15 is 0 Å². The van der Waals surface area contributed by atoms with Crippen molar-refractivity contribution in [2.24, 2.45) is 5.41 Å². The molecule has 86 valence electrons. The standard InChI is InChI=1S/C13H24N2/c1-2-12-13(5-8-14-9-6-13)7-10-15(12)11-3-4-11/h11-12,14H,2-10H2,1H3. The van der Waals surface area contributed by atoms with Crippen molar-refractivity contribution in [3.05, 3.63) is 0 Å². The molecule has 1 unspecified atom stereocenters. The highest BCUT2D eigenvalue weighted by Crippen LogP contribution is 2.48. The van der Waals surface area contributed by atoms with E-state index in [0.717, 1.165) is 12.1 Å². The summed E-state index contributed by atoms with van der Waals surface area (Å²) in [7, 11) is 0. The van der Waals surface area contributed by atoms with Gasteiger partial charge in [-0.15, -0.1) is 0 Å². The summed E-state index contributed by atoms with van der Waals surface area (Å²) in [4.78, 5) is 2.85. The zero-order valence-electron chi connectivity index (χ0n) is 9.97. The van der Waals surface area contributed by atoms with Crippen LogP contribution in [-0.4, -0.2) is 36.6 Å². The summed E-state index contributed by atoms with van der Waals surface area (Å²) in [5.74, 6) is 0. The highest BCUT2D eigenvalue weighted by atomic mass is 15.2. The zero-order valence-corrected chi connectivity index (χ0v) is 9.97. The molecule has 0 aromatic carbocycles. The van der Waals surface area contributed by atoms with Crippen LogP contribution < -0.4 is 5.32 Å². The monoisotopic (exact) mass is 208 g/mol. The zero-order chi connectivity index (χ0) is 10.3. The van der Waals surface area contributed by atoms with Gasteiger partial charge in [0.15, 0.2) is 0 Å². The summed E-state index contributed by atoms with van der Waals surface area (Å²) >= 11 is 0. The van der Waals surface area contributed by atoms with Gasteiger partial charge in [-0.25, -0.2) is 0 Å². The predicted octanol–water partition coefficient (Wildman–Crippen LogP) is 2.00. The minimum absolute atomic E-state index is 0.697. The second-order valence-electron chi connectivity index (χ2n) is 5.76. The van der Waals surface area contributed by atoms with Gasteiger partial charge in [0.2, 0.25) is 0 Å². The van der Waals surface area contributed by atoms with Crippen molar-refractivity contribution < 1.29 is 0 Å². The van der Waals surface area contributed by atoms with Crippen molar-refractivity contribution in [2.75, 3.05) is 19.6 Å². The van der Waals surface area contributed by atoms with Gasteiger partial charge in [0.25, 0.3) is 0 Å². The molecule has 3 rings (SSSR count). The Morgan fingerprint density at radius 2 is 1.93 bits per heavy atom. The quantitative estimate of drug-likeness (QED) is 0.747. The van der Waals surface area contributed by atoms with E-state index in [1.54, 1.807) is 0 Å². The second kappa shape index (κ2) is 3.74. The fourth-order valence-corrected chi connectivity index (χ4v) is 4.04. The fourth-order valence-electron chi connectivity index (χ4n) is 4.04. The molecular weight excluding hydrogens is 184 g/mol. The van der Waals surface area contributed by atoms with Gasteiger partial charge in [-0.05, 0) is 63.6 Å². The first-order valence-electron chi connectivity index (χ1n) is 6.82. The van der Waals surface area contributed by atoms with Gasteiger partial charge >= 0.3 is 0 Å². The average Bonchev–Trinajstić information content (AvgIpc) is 3.05. The van der Waals surface area contributed by atoms with E-state index < -0.39 is 0 Å². The normalized spacial score (nSPS) is 36.2. The third-order valence-corrected chi connectivity index (χ3v) is 4.98. The molecule has 1 atom stereocenters. The molecular formula is C13H24N2. The first-order chi connectivity index (χ1) is 7.36. The Kier molecular flexibility index (Phi) is 2.52. The number of hydrogen-bond donors (Lipinski definition) is 1. The molecule has 2 heteroatoms. The molecule has 2 aliphatic heterocycles. The number of likely N-dealkylation sites (tertiary alicyclic amines) is 1. The van der Waals surface area contributed by atoms with E-state index in [1.165, 1.54) is 58.2 Å². The Balaban J connectivity index is 1.77. The summed E-state index contributed by atoms with van der Waals surface area (Å²) in [5, 5.41) is 3.52. The van der Waals surface area contributed by atoms with E-state index in [4.69, 9.17) is 0 Å². The van der Waals surface area contributed by atoms with Crippen LogP contribution in [0.3, 0.4) is 0 Å². The lowest BCUT2D eigenvalue weighted by molar-refractivity contribution is 0.107. The predicted molar refractivity (Wildman–Crippen MR) is 63.0 cm³/mol. The second-order valence-corrected chi connectivity index (χ2v) is 5.76. The summed E-state index contributed by atoms with van der Waals surface area (Å²) < 4.78 is 0. The Bertz CT molecular complexity index is 229. The van der Waals surface area contributed by atoms with Crippen LogP contribution in [0.25, 0.3) is 0 Å². The van der Waals surface area contributed by atoms with Crippen molar-refractivity contribution in [3.63, 3.8) is 0 Å². The molecule has 2 nitrogen and oxygen atoms in total. The van der Waals surface area contributed by atoms with Gasteiger partial charge in [-0.3, -0.25) is 4.90 Å².